The summed E-state index contributed by atoms with van der Waals surface area (Å²) in [6, 6.07) is 16.9. The summed E-state index contributed by atoms with van der Waals surface area (Å²) in [5, 5.41) is 2.98. The second-order valence-corrected chi connectivity index (χ2v) is 4.41. The van der Waals surface area contributed by atoms with Gasteiger partial charge in [0.2, 0.25) is 0 Å². The van der Waals surface area contributed by atoms with E-state index in [0.29, 0.717) is 0 Å². The number of nitrogens with one attached hydrogen (secondary N) is 1. The van der Waals surface area contributed by atoms with Gasteiger partial charge in [-0.15, -0.1) is 0 Å². The number of carbonyl (C=O) groups is 1. The highest BCUT2D eigenvalue weighted by Crippen LogP contribution is 2.14. The van der Waals surface area contributed by atoms with E-state index in [1.807, 2.05) is 54.6 Å². The van der Waals surface area contributed by atoms with Crippen LogP contribution in [0.15, 0.2) is 54.6 Å². The summed E-state index contributed by atoms with van der Waals surface area (Å²) in [6.45, 7) is 0.178. The van der Waals surface area contributed by atoms with Crippen LogP contribution in [0.1, 0.15) is 5.56 Å². The van der Waals surface area contributed by atoms with Gasteiger partial charge in [0, 0.05) is 11.3 Å². The molecule has 0 heterocycles. The summed E-state index contributed by atoms with van der Waals surface area (Å²) in [5.74, 6) is 6.15. The molecule has 0 bridgehead atoms. The summed E-state index contributed by atoms with van der Waals surface area (Å²) in [5.41, 5.74) is 1.73. The first-order valence-corrected chi connectivity index (χ1v) is 6.85. The van der Waals surface area contributed by atoms with Gasteiger partial charge in [0.05, 0.1) is 7.11 Å². The van der Waals surface area contributed by atoms with Crippen molar-refractivity contribution in [3.8, 4) is 17.6 Å². The topological polar surface area (TPSA) is 47.6 Å². The molecule has 0 saturated carbocycles. The van der Waals surface area contributed by atoms with E-state index in [-0.39, 0.29) is 19.1 Å². The zero-order valence-corrected chi connectivity index (χ0v) is 12.3. The average molecular weight is 295 g/mol. The van der Waals surface area contributed by atoms with Gasteiger partial charge < -0.3 is 14.8 Å². The highest BCUT2D eigenvalue weighted by molar-refractivity contribution is 5.75. The van der Waals surface area contributed by atoms with Crippen molar-refractivity contribution in [2.45, 2.75) is 0 Å². The lowest BCUT2D eigenvalue weighted by Crippen LogP contribution is -2.16. The van der Waals surface area contributed by atoms with Crippen molar-refractivity contribution in [1.29, 1.82) is 0 Å². The molecule has 0 aliphatic rings. The molecule has 0 aromatic heterocycles. The molecular formula is C18H17NO3. The SMILES string of the molecule is COc1ccc(NCC(=O)OCC#Cc2ccccc2)cc1. The number of ether oxygens (including phenoxy) is 2. The molecule has 0 aliphatic carbocycles. The summed E-state index contributed by atoms with van der Waals surface area (Å²) >= 11 is 0. The third-order valence-electron chi connectivity index (χ3n) is 2.84. The Morgan fingerprint density at radius 1 is 1.09 bits per heavy atom. The number of methoxy groups -OCH3 is 1. The minimum atomic E-state index is -0.349. The third-order valence-corrected chi connectivity index (χ3v) is 2.84. The van der Waals surface area contributed by atoms with E-state index in [2.05, 4.69) is 17.2 Å². The van der Waals surface area contributed by atoms with Crippen LogP contribution in [0, 0.1) is 11.8 Å². The van der Waals surface area contributed by atoms with Crippen molar-refractivity contribution < 1.29 is 14.3 Å². The van der Waals surface area contributed by atoms with Crippen LogP contribution < -0.4 is 10.1 Å². The molecule has 0 atom stereocenters. The summed E-state index contributed by atoms with van der Waals surface area (Å²) < 4.78 is 10.1. The Kier molecular flexibility index (Phi) is 5.89. The number of anilines is 1. The monoisotopic (exact) mass is 295 g/mol. The third kappa shape index (κ3) is 5.22. The van der Waals surface area contributed by atoms with Crippen LogP contribution >= 0.6 is 0 Å². The Labute approximate surface area is 130 Å². The molecule has 112 valence electrons. The average Bonchev–Trinajstić information content (AvgIpc) is 2.58. The van der Waals surface area contributed by atoms with E-state index in [9.17, 15) is 4.79 Å². The number of esters is 1. The van der Waals surface area contributed by atoms with Gasteiger partial charge >= 0.3 is 5.97 Å². The van der Waals surface area contributed by atoms with Crippen LogP contribution in [-0.2, 0) is 9.53 Å². The van der Waals surface area contributed by atoms with Crippen LogP contribution in [0.5, 0.6) is 5.75 Å². The second kappa shape index (κ2) is 8.38. The highest BCUT2D eigenvalue weighted by atomic mass is 16.5. The maximum atomic E-state index is 11.6. The Bertz CT molecular complexity index is 654. The van der Waals surface area contributed by atoms with E-state index in [1.165, 1.54) is 0 Å². The molecule has 22 heavy (non-hydrogen) atoms. The zero-order chi connectivity index (χ0) is 15.6. The molecule has 0 radical (unpaired) electrons. The molecule has 1 N–H and O–H groups in total. The van der Waals surface area contributed by atoms with E-state index in [4.69, 9.17) is 9.47 Å². The Hall–Kier alpha value is -2.93. The van der Waals surface area contributed by atoms with Gasteiger partial charge in [0.25, 0.3) is 0 Å². The van der Waals surface area contributed by atoms with Crippen molar-refractivity contribution >= 4 is 11.7 Å². The van der Waals surface area contributed by atoms with Crippen LogP contribution in [0.2, 0.25) is 0 Å². The van der Waals surface area contributed by atoms with Gasteiger partial charge in [0.15, 0.2) is 6.61 Å². The first-order valence-electron chi connectivity index (χ1n) is 6.85. The molecule has 2 aromatic carbocycles. The largest absolute Gasteiger partial charge is 0.497 e. The van der Waals surface area contributed by atoms with Crippen LogP contribution in [-0.4, -0.2) is 26.2 Å². The summed E-state index contributed by atoms with van der Waals surface area (Å²) in [7, 11) is 1.61. The summed E-state index contributed by atoms with van der Waals surface area (Å²) in [6.07, 6.45) is 0. The normalized spacial score (nSPS) is 9.32. The van der Waals surface area contributed by atoms with Crippen LogP contribution in [0.3, 0.4) is 0 Å². The van der Waals surface area contributed by atoms with E-state index < -0.39 is 0 Å². The van der Waals surface area contributed by atoms with Crippen LogP contribution in [0.4, 0.5) is 5.69 Å². The zero-order valence-electron chi connectivity index (χ0n) is 12.3. The molecule has 0 unspecified atom stereocenters. The quantitative estimate of drug-likeness (QED) is 0.680. The van der Waals surface area contributed by atoms with Gasteiger partial charge in [-0.1, -0.05) is 30.0 Å². The first-order chi connectivity index (χ1) is 10.8. The van der Waals surface area contributed by atoms with Crippen molar-refractivity contribution in [2.24, 2.45) is 0 Å². The maximum absolute atomic E-state index is 11.6. The molecule has 0 amide bonds. The van der Waals surface area contributed by atoms with Gasteiger partial charge in [-0.05, 0) is 36.4 Å². The molecule has 2 rings (SSSR count). The fraction of sp³-hybridized carbons (Fsp3) is 0.167. The molecule has 0 saturated heterocycles. The fourth-order valence-electron chi connectivity index (χ4n) is 1.71. The second-order valence-electron chi connectivity index (χ2n) is 4.41. The molecule has 0 aliphatic heterocycles. The minimum absolute atomic E-state index is 0.0814. The predicted molar refractivity (Wildman–Crippen MR) is 85.8 cm³/mol. The molecule has 0 fully saturated rings. The number of hydrogen-bond donors (Lipinski definition) is 1. The number of hydrogen-bond acceptors (Lipinski definition) is 4. The standard InChI is InChI=1S/C18H17NO3/c1-21-17-11-9-16(10-12-17)19-14-18(20)22-13-5-8-15-6-3-2-4-7-15/h2-4,6-7,9-12,19H,13-14H2,1H3. The van der Waals surface area contributed by atoms with Crippen molar-refractivity contribution in [2.75, 3.05) is 25.6 Å². The van der Waals surface area contributed by atoms with E-state index >= 15 is 0 Å². The highest BCUT2D eigenvalue weighted by Gasteiger charge is 2.01. The van der Waals surface area contributed by atoms with Gasteiger partial charge in [-0.3, -0.25) is 4.79 Å². The first kappa shape index (κ1) is 15.5. The van der Waals surface area contributed by atoms with Crippen molar-refractivity contribution in [3.05, 3.63) is 60.2 Å². The number of rotatable bonds is 5. The van der Waals surface area contributed by atoms with Gasteiger partial charge in [0.1, 0.15) is 12.3 Å². The molecule has 0 spiro atoms. The number of carbonyl (C=O) groups excluding carboxylic acids is 1. The number of benzene rings is 2. The van der Waals surface area contributed by atoms with Crippen molar-refractivity contribution in [1.82, 2.24) is 0 Å². The van der Waals surface area contributed by atoms with Gasteiger partial charge in [-0.2, -0.15) is 0 Å². The van der Waals surface area contributed by atoms with Crippen molar-refractivity contribution in [3.63, 3.8) is 0 Å². The smallest absolute Gasteiger partial charge is 0.326 e. The molecular weight excluding hydrogens is 278 g/mol. The lowest BCUT2D eigenvalue weighted by molar-refractivity contribution is -0.140. The maximum Gasteiger partial charge on any atom is 0.326 e. The van der Waals surface area contributed by atoms with Crippen LogP contribution in [0.25, 0.3) is 0 Å². The predicted octanol–water partition coefficient (Wildman–Crippen LogP) is 2.70. The van der Waals surface area contributed by atoms with Gasteiger partial charge in [-0.25, -0.2) is 0 Å². The summed E-state index contributed by atoms with van der Waals surface area (Å²) in [4.78, 5) is 11.6. The Balaban J connectivity index is 1.71. The lowest BCUT2D eigenvalue weighted by atomic mass is 10.2. The molecule has 4 heteroatoms. The lowest BCUT2D eigenvalue weighted by Gasteiger charge is -2.06. The fourth-order valence-corrected chi connectivity index (χ4v) is 1.71. The Morgan fingerprint density at radius 2 is 1.82 bits per heavy atom. The Morgan fingerprint density at radius 3 is 2.50 bits per heavy atom. The minimum Gasteiger partial charge on any atom is -0.497 e. The molecule has 2 aromatic rings. The molecule has 4 nitrogen and oxygen atoms in total. The van der Waals surface area contributed by atoms with E-state index in [1.54, 1.807) is 7.11 Å². The van der Waals surface area contributed by atoms with E-state index in [0.717, 1.165) is 17.0 Å².